The SMILES string of the molecule is O=C(COc1ccccc1)NN1N=CCC1=O. The molecule has 88 valence electrons. The fourth-order valence-electron chi connectivity index (χ4n) is 1.26. The Hall–Kier alpha value is -2.37. The maximum Gasteiger partial charge on any atom is 0.278 e. The molecule has 6 heteroatoms. The Morgan fingerprint density at radius 3 is 2.82 bits per heavy atom. The van der Waals surface area contributed by atoms with Crippen molar-refractivity contribution in [2.24, 2.45) is 5.10 Å². The predicted molar refractivity (Wildman–Crippen MR) is 60.0 cm³/mol. The van der Waals surface area contributed by atoms with Gasteiger partial charge in [0.1, 0.15) is 5.75 Å². The predicted octanol–water partition coefficient (Wildman–Crippen LogP) is 0.315. The summed E-state index contributed by atoms with van der Waals surface area (Å²) in [5, 5.41) is 4.60. The Labute approximate surface area is 97.8 Å². The molecule has 0 saturated carbocycles. The Morgan fingerprint density at radius 1 is 1.41 bits per heavy atom. The highest BCUT2D eigenvalue weighted by Gasteiger charge is 2.18. The van der Waals surface area contributed by atoms with Crippen LogP contribution in [-0.4, -0.2) is 29.8 Å². The largest absolute Gasteiger partial charge is 0.484 e. The molecule has 1 aromatic rings. The number of amides is 2. The molecule has 1 aromatic carbocycles. The average Bonchev–Trinajstić information content (AvgIpc) is 2.74. The third-order valence-electron chi connectivity index (χ3n) is 2.04. The van der Waals surface area contributed by atoms with Crippen LogP contribution in [0.3, 0.4) is 0 Å². The van der Waals surface area contributed by atoms with Gasteiger partial charge in [0, 0.05) is 6.21 Å². The lowest BCUT2D eigenvalue weighted by molar-refractivity contribution is -0.140. The first-order valence-electron chi connectivity index (χ1n) is 5.08. The van der Waals surface area contributed by atoms with Crippen LogP contribution in [0.1, 0.15) is 6.42 Å². The molecule has 1 aliphatic rings. The molecule has 0 unspecified atom stereocenters. The third kappa shape index (κ3) is 3.04. The second-order valence-corrected chi connectivity index (χ2v) is 3.34. The van der Waals surface area contributed by atoms with Gasteiger partial charge >= 0.3 is 0 Å². The van der Waals surface area contributed by atoms with E-state index in [4.69, 9.17) is 4.74 Å². The van der Waals surface area contributed by atoms with Gasteiger partial charge in [0.15, 0.2) is 6.61 Å². The van der Waals surface area contributed by atoms with E-state index >= 15 is 0 Å². The summed E-state index contributed by atoms with van der Waals surface area (Å²) >= 11 is 0. The molecule has 0 saturated heterocycles. The molecule has 0 spiro atoms. The number of ether oxygens (including phenoxy) is 1. The van der Waals surface area contributed by atoms with Crippen LogP contribution >= 0.6 is 0 Å². The van der Waals surface area contributed by atoms with E-state index < -0.39 is 5.91 Å². The molecular weight excluding hydrogens is 222 g/mol. The van der Waals surface area contributed by atoms with Crippen LogP contribution in [0.2, 0.25) is 0 Å². The van der Waals surface area contributed by atoms with Crippen LogP contribution in [-0.2, 0) is 9.59 Å². The molecule has 0 aliphatic carbocycles. The van der Waals surface area contributed by atoms with Gasteiger partial charge in [0.2, 0.25) is 0 Å². The van der Waals surface area contributed by atoms with E-state index in [1.807, 2.05) is 18.2 Å². The average molecular weight is 233 g/mol. The summed E-state index contributed by atoms with van der Waals surface area (Å²) in [6, 6.07) is 8.95. The zero-order chi connectivity index (χ0) is 12.1. The Kier molecular flexibility index (Phi) is 3.34. The van der Waals surface area contributed by atoms with Crippen molar-refractivity contribution in [1.82, 2.24) is 10.5 Å². The van der Waals surface area contributed by atoms with Crippen LogP contribution < -0.4 is 10.2 Å². The molecule has 1 heterocycles. The van der Waals surface area contributed by atoms with E-state index in [-0.39, 0.29) is 18.9 Å². The number of hydrogen-bond acceptors (Lipinski definition) is 4. The summed E-state index contributed by atoms with van der Waals surface area (Å²) in [6.45, 7) is -0.163. The van der Waals surface area contributed by atoms with E-state index in [2.05, 4.69) is 10.5 Å². The van der Waals surface area contributed by atoms with Gasteiger partial charge in [-0.2, -0.15) is 5.10 Å². The topological polar surface area (TPSA) is 71.0 Å². The van der Waals surface area contributed by atoms with E-state index in [9.17, 15) is 9.59 Å². The summed E-state index contributed by atoms with van der Waals surface area (Å²) in [5.41, 5.74) is 2.32. The van der Waals surface area contributed by atoms with Crippen molar-refractivity contribution < 1.29 is 14.3 Å². The number of hydrazone groups is 1. The lowest BCUT2D eigenvalue weighted by Crippen LogP contribution is -2.42. The van der Waals surface area contributed by atoms with Crippen LogP contribution in [0.15, 0.2) is 35.4 Å². The molecule has 1 aliphatic heterocycles. The van der Waals surface area contributed by atoms with Gasteiger partial charge in [-0.1, -0.05) is 18.2 Å². The Morgan fingerprint density at radius 2 is 2.18 bits per heavy atom. The normalized spacial score (nSPS) is 13.9. The fourth-order valence-corrected chi connectivity index (χ4v) is 1.26. The van der Waals surface area contributed by atoms with Gasteiger partial charge in [-0.05, 0) is 12.1 Å². The van der Waals surface area contributed by atoms with Gasteiger partial charge in [-0.3, -0.25) is 9.59 Å². The Balaban J connectivity index is 1.78. The quantitative estimate of drug-likeness (QED) is 0.813. The van der Waals surface area contributed by atoms with Crippen molar-refractivity contribution in [3.05, 3.63) is 30.3 Å². The second-order valence-electron chi connectivity index (χ2n) is 3.34. The number of carbonyl (C=O) groups excluding carboxylic acids is 2. The molecule has 0 aromatic heterocycles. The van der Waals surface area contributed by atoms with Crippen molar-refractivity contribution in [3.8, 4) is 5.75 Å². The summed E-state index contributed by atoms with van der Waals surface area (Å²) in [7, 11) is 0. The second kappa shape index (κ2) is 5.11. The number of rotatable bonds is 4. The third-order valence-corrected chi connectivity index (χ3v) is 2.04. The molecule has 0 bridgehead atoms. The summed E-state index contributed by atoms with van der Waals surface area (Å²) in [5.74, 6) is -0.0989. The summed E-state index contributed by atoms with van der Waals surface area (Å²) < 4.78 is 5.21. The lowest BCUT2D eigenvalue weighted by Gasteiger charge is -2.13. The molecule has 0 radical (unpaired) electrons. The molecule has 0 fully saturated rings. The number of nitrogens with zero attached hydrogens (tertiary/aromatic N) is 2. The van der Waals surface area contributed by atoms with Gasteiger partial charge in [0.05, 0.1) is 6.42 Å². The van der Waals surface area contributed by atoms with Crippen LogP contribution in [0.25, 0.3) is 0 Å². The molecule has 6 nitrogen and oxygen atoms in total. The minimum atomic E-state index is -0.429. The van der Waals surface area contributed by atoms with Gasteiger partial charge < -0.3 is 4.74 Å². The molecule has 2 amide bonds. The number of para-hydroxylation sites is 1. The van der Waals surface area contributed by atoms with Crippen molar-refractivity contribution in [2.45, 2.75) is 6.42 Å². The van der Waals surface area contributed by atoms with Crippen LogP contribution in [0.5, 0.6) is 5.75 Å². The summed E-state index contributed by atoms with van der Waals surface area (Å²) in [4.78, 5) is 22.5. The number of hydrogen-bond donors (Lipinski definition) is 1. The van der Waals surface area contributed by atoms with E-state index in [0.717, 1.165) is 5.12 Å². The zero-order valence-corrected chi connectivity index (χ0v) is 9.00. The van der Waals surface area contributed by atoms with Gasteiger partial charge in [-0.15, -0.1) is 5.12 Å². The standard InChI is InChI=1S/C11H11N3O3/c15-10(13-14-11(16)6-7-12-14)8-17-9-4-2-1-3-5-9/h1-5,7H,6,8H2,(H,13,15). The van der Waals surface area contributed by atoms with Gasteiger partial charge in [0.25, 0.3) is 11.8 Å². The summed E-state index contributed by atoms with van der Waals surface area (Å²) in [6.07, 6.45) is 1.64. The maximum absolute atomic E-state index is 11.4. The monoisotopic (exact) mass is 233 g/mol. The molecule has 17 heavy (non-hydrogen) atoms. The van der Waals surface area contributed by atoms with Gasteiger partial charge in [-0.25, -0.2) is 5.43 Å². The number of hydrazine groups is 1. The van der Waals surface area contributed by atoms with Crippen LogP contribution in [0.4, 0.5) is 0 Å². The minimum Gasteiger partial charge on any atom is -0.484 e. The van der Waals surface area contributed by atoms with Crippen molar-refractivity contribution >= 4 is 18.0 Å². The minimum absolute atomic E-state index is 0.163. The lowest BCUT2D eigenvalue weighted by atomic mass is 10.3. The van der Waals surface area contributed by atoms with E-state index in [1.54, 1.807) is 12.1 Å². The fraction of sp³-hybridized carbons (Fsp3) is 0.182. The number of nitrogens with one attached hydrogen (secondary N) is 1. The van der Waals surface area contributed by atoms with Crippen LogP contribution in [0, 0.1) is 0 Å². The smallest absolute Gasteiger partial charge is 0.278 e. The maximum atomic E-state index is 11.4. The molecule has 2 rings (SSSR count). The molecular formula is C11H11N3O3. The highest BCUT2D eigenvalue weighted by atomic mass is 16.5. The van der Waals surface area contributed by atoms with E-state index in [0.29, 0.717) is 5.75 Å². The number of benzene rings is 1. The first-order valence-corrected chi connectivity index (χ1v) is 5.08. The molecule has 1 N–H and O–H groups in total. The van der Waals surface area contributed by atoms with Crippen molar-refractivity contribution in [2.75, 3.05) is 6.61 Å². The highest BCUT2D eigenvalue weighted by molar-refractivity contribution is 5.95. The first-order chi connectivity index (χ1) is 8.25. The number of carbonyl (C=O) groups is 2. The Bertz CT molecular complexity index is 445. The van der Waals surface area contributed by atoms with E-state index in [1.165, 1.54) is 6.21 Å². The highest BCUT2D eigenvalue weighted by Crippen LogP contribution is 2.07. The first kappa shape index (κ1) is 11.1. The molecule has 0 atom stereocenters. The zero-order valence-electron chi connectivity index (χ0n) is 9.00. The van der Waals surface area contributed by atoms with Crippen molar-refractivity contribution in [3.63, 3.8) is 0 Å². The van der Waals surface area contributed by atoms with Crippen molar-refractivity contribution in [1.29, 1.82) is 0 Å².